The molecule has 0 aliphatic carbocycles. The van der Waals surface area contributed by atoms with Crippen molar-refractivity contribution in [3.63, 3.8) is 0 Å². The molecule has 0 saturated carbocycles. The molecule has 0 saturated heterocycles. The van der Waals surface area contributed by atoms with Crippen molar-refractivity contribution in [2.45, 2.75) is 18.1 Å². The van der Waals surface area contributed by atoms with Gasteiger partial charge in [-0.25, -0.2) is 4.79 Å². The van der Waals surface area contributed by atoms with Crippen molar-refractivity contribution in [1.29, 1.82) is 0 Å². The van der Waals surface area contributed by atoms with Crippen LogP contribution in [0.15, 0.2) is 91.0 Å². The lowest BCUT2D eigenvalue weighted by Gasteiger charge is -2.38. The Kier molecular flexibility index (Phi) is 5.87. The predicted molar refractivity (Wildman–Crippen MR) is 106 cm³/mol. The normalized spacial score (nSPS) is 13.9. The SMILES string of the molecule is O=C(NC(Cc1ccccc1)(c1ccccc1)C(O)C(=O)O)c1ccccc1. The molecule has 5 nitrogen and oxygen atoms in total. The fraction of sp³-hybridized carbons (Fsp3) is 0.130. The van der Waals surface area contributed by atoms with E-state index < -0.39 is 23.5 Å². The Morgan fingerprint density at radius 1 is 0.821 bits per heavy atom. The Morgan fingerprint density at radius 2 is 1.32 bits per heavy atom. The van der Waals surface area contributed by atoms with Gasteiger partial charge in [-0.2, -0.15) is 0 Å². The van der Waals surface area contributed by atoms with Gasteiger partial charge in [0.1, 0.15) is 5.54 Å². The van der Waals surface area contributed by atoms with Crippen LogP contribution in [0.1, 0.15) is 21.5 Å². The molecule has 2 atom stereocenters. The second kappa shape index (κ2) is 8.50. The molecule has 1 amide bonds. The van der Waals surface area contributed by atoms with Gasteiger partial charge >= 0.3 is 5.97 Å². The van der Waals surface area contributed by atoms with Crippen molar-refractivity contribution in [2.24, 2.45) is 0 Å². The van der Waals surface area contributed by atoms with Crippen molar-refractivity contribution in [3.8, 4) is 0 Å². The number of carboxylic acids is 1. The van der Waals surface area contributed by atoms with E-state index in [0.29, 0.717) is 11.1 Å². The second-order valence-electron chi connectivity index (χ2n) is 6.56. The van der Waals surface area contributed by atoms with Crippen LogP contribution < -0.4 is 5.32 Å². The number of nitrogens with one attached hydrogen (secondary N) is 1. The molecule has 5 heteroatoms. The lowest BCUT2D eigenvalue weighted by atomic mass is 9.78. The van der Waals surface area contributed by atoms with E-state index in [4.69, 9.17) is 0 Å². The highest BCUT2D eigenvalue weighted by atomic mass is 16.4. The largest absolute Gasteiger partial charge is 0.479 e. The van der Waals surface area contributed by atoms with Gasteiger partial charge < -0.3 is 15.5 Å². The van der Waals surface area contributed by atoms with Crippen molar-refractivity contribution < 1.29 is 19.8 Å². The van der Waals surface area contributed by atoms with Gasteiger partial charge in [0.2, 0.25) is 0 Å². The number of carbonyl (C=O) groups is 2. The summed E-state index contributed by atoms with van der Waals surface area (Å²) in [6.45, 7) is 0. The van der Waals surface area contributed by atoms with Gasteiger partial charge in [-0.15, -0.1) is 0 Å². The van der Waals surface area contributed by atoms with Crippen LogP contribution in [0.4, 0.5) is 0 Å². The maximum absolute atomic E-state index is 12.9. The minimum absolute atomic E-state index is 0.115. The van der Waals surface area contributed by atoms with Crippen LogP contribution in [0.5, 0.6) is 0 Å². The zero-order valence-corrected chi connectivity index (χ0v) is 15.2. The summed E-state index contributed by atoms with van der Waals surface area (Å²) >= 11 is 0. The zero-order valence-electron chi connectivity index (χ0n) is 15.2. The van der Waals surface area contributed by atoms with Gasteiger partial charge in [0, 0.05) is 12.0 Å². The average molecular weight is 375 g/mol. The summed E-state index contributed by atoms with van der Waals surface area (Å²) in [4.78, 5) is 24.8. The topological polar surface area (TPSA) is 86.6 Å². The maximum atomic E-state index is 12.9. The first-order valence-electron chi connectivity index (χ1n) is 8.91. The number of rotatable bonds is 7. The van der Waals surface area contributed by atoms with Crippen LogP contribution >= 0.6 is 0 Å². The third kappa shape index (κ3) is 4.10. The van der Waals surface area contributed by atoms with Crippen molar-refractivity contribution >= 4 is 11.9 Å². The molecular formula is C23H21NO4. The van der Waals surface area contributed by atoms with E-state index in [-0.39, 0.29) is 6.42 Å². The Hall–Kier alpha value is -3.44. The second-order valence-corrected chi connectivity index (χ2v) is 6.56. The van der Waals surface area contributed by atoms with Gasteiger partial charge in [0.25, 0.3) is 5.91 Å². The first-order valence-corrected chi connectivity index (χ1v) is 8.91. The van der Waals surface area contributed by atoms with E-state index in [1.54, 1.807) is 60.7 Å². The maximum Gasteiger partial charge on any atom is 0.335 e. The molecule has 0 spiro atoms. The van der Waals surface area contributed by atoms with Crippen LogP contribution in [-0.4, -0.2) is 28.2 Å². The zero-order chi connectivity index (χ0) is 20.0. The predicted octanol–water partition coefficient (Wildman–Crippen LogP) is 3.00. The lowest BCUT2D eigenvalue weighted by molar-refractivity contribution is -0.151. The summed E-state index contributed by atoms with van der Waals surface area (Å²) in [5.74, 6) is -1.87. The van der Waals surface area contributed by atoms with Crippen LogP contribution in [0.25, 0.3) is 0 Å². The molecule has 0 radical (unpaired) electrons. The summed E-state index contributed by atoms with van der Waals surface area (Å²) in [5, 5.41) is 23.2. The molecule has 3 N–H and O–H groups in total. The van der Waals surface area contributed by atoms with Gasteiger partial charge in [0.05, 0.1) is 0 Å². The molecule has 0 fully saturated rings. The van der Waals surface area contributed by atoms with Gasteiger partial charge in [-0.3, -0.25) is 4.79 Å². The Bertz CT molecular complexity index is 929. The molecule has 3 rings (SSSR count). The molecule has 28 heavy (non-hydrogen) atoms. The van der Waals surface area contributed by atoms with E-state index in [1.165, 1.54) is 0 Å². The van der Waals surface area contributed by atoms with Gasteiger partial charge in [0.15, 0.2) is 6.10 Å². The fourth-order valence-corrected chi connectivity index (χ4v) is 3.27. The van der Waals surface area contributed by atoms with E-state index in [9.17, 15) is 19.8 Å². The molecule has 0 aromatic heterocycles. The number of aliphatic carboxylic acids is 1. The number of aliphatic hydroxyl groups excluding tert-OH is 1. The number of hydrogen-bond donors (Lipinski definition) is 3. The third-order valence-electron chi connectivity index (χ3n) is 4.69. The van der Waals surface area contributed by atoms with E-state index >= 15 is 0 Å². The first-order chi connectivity index (χ1) is 13.5. The minimum Gasteiger partial charge on any atom is -0.479 e. The molecule has 0 aliphatic rings. The molecule has 3 aromatic rings. The number of benzene rings is 3. The van der Waals surface area contributed by atoms with Crippen LogP contribution in [0, 0.1) is 0 Å². The summed E-state index contributed by atoms with van der Waals surface area (Å²) in [7, 11) is 0. The molecule has 142 valence electrons. The number of carbonyl (C=O) groups excluding carboxylic acids is 1. The summed E-state index contributed by atoms with van der Waals surface area (Å²) in [5.41, 5.74) is 0.146. The lowest BCUT2D eigenvalue weighted by Crippen LogP contribution is -2.58. The Morgan fingerprint density at radius 3 is 1.86 bits per heavy atom. The molecule has 3 aromatic carbocycles. The minimum atomic E-state index is -1.84. The van der Waals surface area contributed by atoms with Crippen molar-refractivity contribution in [2.75, 3.05) is 0 Å². The monoisotopic (exact) mass is 375 g/mol. The number of hydrogen-bond acceptors (Lipinski definition) is 3. The molecule has 2 unspecified atom stereocenters. The Labute approximate surface area is 163 Å². The fourth-order valence-electron chi connectivity index (χ4n) is 3.27. The molecule has 0 aliphatic heterocycles. The first kappa shape index (κ1) is 19.3. The number of aliphatic hydroxyl groups is 1. The Balaban J connectivity index is 2.11. The van der Waals surface area contributed by atoms with Crippen LogP contribution in [0.3, 0.4) is 0 Å². The molecule has 0 bridgehead atoms. The summed E-state index contributed by atoms with van der Waals surface area (Å²) < 4.78 is 0. The van der Waals surface area contributed by atoms with Crippen LogP contribution in [-0.2, 0) is 16.8 Å². The highest BCUT2D eigenvalue weighted by Crippen LogP contribution is 2.31. The van der Waals surface area contributed by atoms with Crippen molar-refractivity contribution in [3.05, 3.63) is 108 Å². The van der Waals surface area contributed by atoms with Crippen LogP contribution in [0.2, 0.25) is 0 Å². The summed E-state index contributed by atoms with van der Waals surface area (Å²) in [6, 6.07) is 26.4. The third-order valence-corrected chi connectivity index (χ3v) is 4.69. The standard InChI is InChI=1S/C23H21NO4/c25-20(22(27)28)23(19-14-8-3-9-15-19,16-17-10-4-1-5-11-17)24-21(26)18-12-6-2-7-13-18/h1-15,20,25H,16H2,(H,24,26)(H,27,28). The highest BCUT2D eigenvalue weighted by molar-refractivity contribution is 5.95. The van der Waals surface area contributed by atoms with Crippen molar-refractivity contribution in [1.82, 2.24) is 5.32 Å². The number of amides is 1. The molecular weight excluding hydrogens is 354 g/mol. The number of carboxylic acid groups (broad SMARTS) is 1. The molecule has 0 heterocycles. The van der Waals surface area contributed by atoms with Gasteiger partial charge in [-0.05, 0) is 23.3 Å². The van der Waals surface area contributed by atoms with E-state index in [2.05, 4.69) is 5.32 Å². The van der Waals surface area contributed by atoms with E-state index in [1.807, 2.05) is 30.3 Å². The quantitative estimate of drug-likeness (QED) is 0.592. The highest BCUT2D eigenvalue weighted by Gasteiger charge is 2.45. The van der Waals surface area contributed by atoms with Gasteiger partial charge in [-0.1, -0.05) is 78.9 Å². The summed E-state index contributed by atoms with van der Waals surface area (Å²) in [6.07, 6.45) is -1.73. The average Bonchev–Trinajstić information content (AvgIpc) is 2.74. The smallest absolute Gasteiger partial charge is 0.335 e. The van der Waals surface area contributed by atoms with E-state index in [0.717, 1.165) is 5.56 Å².